The maximum atomic E-state index is 11.8. The highest BCUT2D eigenvalue weighted by Crippen LogP contribution is 2.32. The molecular weight excluding hydrogens is 326 g/mol. The lowest BCUT2D eigenvalue weighted by Gasteiger charge is -2.34. The van der Waals surface area contributed by atoms with Crippen molar-refractivity contribution in [3.8, 4) is 5.75 Å². The Hall–Kier alpha value is -2.64. The van der Waals surface area contributed by atoms with Gasteiger partial charge in [0.05, 0.1) is 12.0 Å². The molecule has 1 heterocycles. The van der Waals surface area contributed by atoms with E-state index in [4.69, 9.17) is 4.74 Å². The number of carbonyl (C=O) groups excluding carboxylic acids is 2. The lowest BCUT2D eigenvalue weighted by molar-refractivity contribution is -0.385. The number of hydrogen-bond donors (Lipinski definition) is 1. The monoisotopic (exact) mass is 347 g/mol. The third-order valence-electron chi connectivity index (χ3n) is 4.90. The molecule has 1 saturated heterocycles. The number of imide groups is 1. The topological polar surface area (TPSA) is 102 Å². The molecule has 0 aromatic heterocycles. The van der Waals surface area contributed by atoms with Gasteiger partial charge in [-0.3, -0.25) is 24.6 Å². The van der Waals surface area contributed by atoms with Crippen molar-refractivity contribution in [2.24, 2.45) is 0 Å². The average molecular weight is 347 g/mol. The SMILES string of the molecule is COc1cc(NC2CCC(N3C(=O)CCC3=O)CC2)ccc1[N+](=O)[O-]. The first-order valence-corrected chi connectivity index (χ1v) is 8.43. The van der Waals surface area contributed by atoms with Gasteiger partial charge in [0, 0.05) is 42.7 Å². The van der Waals surface area contributed by atoms with Gasteiger partial charge in [0.25, 0.3) is 0 Å². The van der Waals surface area contributed by atoms with E-state index >= 15 is 0 Å². The molecular formula is C17H21N3O5. The van der Waals surface area contributed by atoms with Crippen LogP contribution in [0.25, 0.3) is 0 Å². The van der Waals surface area contributed by atoms with Crippen molar-refractivity contribution in [3.05, 3.63) is 28.3 Å². The van der Waals surface area contributed by atoms with Gasteiger partial charge in [-0.2, -0.15) is 0 Å². The maximum absolute atomic E-state index is 11.8. The summed E-state index contributed by atoms with van der Waals surface area (Å²) in [6.07, 6.45) is 3.89. The first-order chi connectivity index (χ1) is 12.0. The minimum absolute atomic E-state index is 0.00643. The number of likely N-dealkylation sites (tertiary alicyclic amines) is 1. The molecule has 2 aliphatic rings. The van der Waals surface area contributed by atoms with E-state index in [1.807, 2.05) is 0 Å². The van der Waals surface area contributed by atoms with Gasteiger partial charge in [0.1, 0.15) is 0 Å². The Kier molecular flexibility index (Phi) is 4.87. The van der Waals surface area contributed by atoms with E-state index in [-0.39, 0.29) is 35.3 Å². The van der Waals surface area contributed by atoms with Crippen LogP contribution in [0.1, 0.15) is 38.5 Å². The summed E-state index contributed by atoms with van der Waals surface area (Å²) in [5, 5.41) is 14.3. The molecule has 1 aliphatic carbocycles. The number of nitrogens with zero attached hydrogens (tertiary/aromatic N) is 2. The van der Waals surface area contributed by atoms with E-state index < -0.39 is 4.92 Å². The fourth-order valence-corrected chi connectivity index (χ4v) is 3.63. The summed E-state index contributed by atoms with van der Waals surface area (Å²) in [4.78, 5) is 35.6. The molecule has 0 bridgehead atoms. The number of carbonyl (C=O) groups is 2. The summed E-state index contributed by atoms with van der Waals surface area (Å²) < 4.78 is 5.08. The highest BCUT2D eigenvalue weighted by atomic mass is 16.6. The predicted octanol–water partition coefficient (Wildman–Crippen LogP) is 2.48. The summed E-state index contributed by atoms with van der Waals surface area (Å²) >= 11 is 0. The molecule has 2 fully saturated rings. The number of anilines is 1. The number of amides is 2. The van der Waals surface area contributed by atoms with Crippen LogP contribution in [0.2, 0.25) is 0 Å². The zero-order chi connectivity index (χ0) is 18.0. The minimum atomic E-state index is -0.474. The molecule has 25 heavy (non-hydrogen) atoms. The van der Waals surface area contributed by atoms with Gasteiger partial charge < -0.3 is 10.1 Å². The van der Waals surface area contributed by atoms with Crippen molar-refractivity contribution >= 4 is 23.2 Å². The Morgan fingerprint density at radius 1 is 1.16 bits per heavy atom. The number of hydrogen-bond acceptors (Lipinski definition) is 6. The Morgan fingerprint density at radius 3 is 2.36 bits per heavy atom. The highest BCUT2D eigenvalue weighted by molar-refractivity contribution is 6.02. The van der Waals surface area contributed by atoms with Gasteiger partial charge >= 0.3 is 5.69 Å². The number of methoxy groups -OCH3 is 1. The number of nitro groups is 1. The van der Waals surface area contributed by atoms with Crippen LogP contribution in [0.5, 0.6) is 5.75 Å². The van der Waals surface area contributed by atoms with E-state index in [0.29, 0.717) is 12.8 Å². The second-order valence-corrected chi connectivity index (χ2v) is 6.45. The van der Waals surface area contributed by atoms with Crippen LogP contribution in [-0.2, 0) is 9.59 Å². The second-order valence-electron chi connectivity index (χ2n) is 6.45. The Bertz CT molecular complexity index is 682. The molecule has 0 radical (unpaired) electrons. The second kappa shape index (κ2) is 7.08. The van der Waals surface area contributed by atoms with Gasteiger partial charge in [-0.25, -0.2) is 0 Å². The van der Waals surface area contributed by atoms with Crippen molar-refractivity contribution in [1.29, 1.82) is 0 Å². The number of nitro benzene ring substituents is 1. The fourth-order valence-electron chi connectivity index (χ4n) is 3.63. The van der Waals surface area contributed by atoms with Gasteiger partial charge in [-0.1, -0.05) is 0 Å². The average Bonchev–Trinajstić information content (AvgIpc) is 2.94. The third-order valence-corrected chi connectivity index (χ3v) is 4.90. The highest BCUT2D eigenvalue weighted by Gasteiger charge is 2.36. The van der Waals surface area contributed by atoms with Crippen LogP contribution in [0.3, 0.4) is 0 Å². The number of ether oxygens (including phenoxy) is 1. The molecule has 0 atom stereocenters. The number of rotatable bonds is 5. The summed E-state index contributed by atoms with van der Waals surface area (Å²) in [7, 11) is 1.40. The van der Waals surface area contributed by atoms with Crippen molar-refractivity contribution in [3.63, 3.8) is 0 Å². The molecule has 1 aliphatic heterocycles. The molecule has 134 valence electrons. The normalized spacial score (nSPS) is 23.6. The van der Waals surface area contributed by atoms with E-state index in [1.54, 1.807) is 12.1 Å². The standard InChI is InChI=1S/C17H21N3O5/c1-25-15-10-12(4-7-14(15)20(23)24)18-11-2-5-13(6-3-11)19-16(21)8-9-17(19)22/h4,7,10-11,13,18H,2-3,5-6,8-9H2,1H3. The Morgan fingerprint density at radius 2 is 1.80 bits per heavy atom. The lowest BCUT2D eigenvalue weighted by atomic mass is 9.90. The number of benzene rings is 1. The summed E-state index contributed by atoms with van der Waals surface area (Å²) in [5.74, 6) is 0.111. The van der Waals surface area contributed by atoms with Gasteiger partial charge in [-0.05, 0) is 31.7 Å². The van der Waals surface area contributed by atoms with Crippen molar-refractivity contribution < 1.29 is 19.2 Å². The molecule has 8 heteroatoms. The van der Waals surface area contributed by atoms with E-state index in [1.165, 1.54) is 18.1 Å². The summed E-state index contributed by atoms with van der Waals surface area (Å²) in [6.45, 7) is 0. The van der Waals surface area contributed by atoms with Crippen molar-refractivity contribution in [1.82, 2.24) is 4.90 Å². The first kappa shape index (κ1) is 17.2. The van der Waals surface area contributed by atoms with Gasteiger partial charge in [-0.15, -0.1) is 0 Å². The quantitative estimate of drug-likeness (QED) is 0.499. The van der Waals surface area contributed by atoms with Crippen LogP contribution in [0.15, 0.2) is 18.2 Å². The third kappa shape index (κ3) is 3.57. The summed E-state index contributed by atoms with van der Waals surface area (Å²) in [5.41, 5.74) is 0.696. The zero-order valence-corrected chi connectivity index (χ0v) is 14.1. The molecule has 1 aromatic carbocycles. The first-order valence-electron chi connectivity index (χ1n) is 8.43. The fraction of sp³-hybridized carbons (Fsp3) is 0.529. The van der Waals surface area contributed by atoms with Crippen molar-refractivity contribution in [2.75, 3.05) is 12.4 Å². The van der Waals surface area contributed by atoms with Crippen LogP contribution >= 0.6 is 0 Å². The van der Waals surface area contributed by atoms with Gasteiger partial charge in [0.2, 0.25) is 11.8 Å². The van der Waals surface area contributed by atoms with E-state index in [0.717, 1.165) is 31.4 Å². The molecule has 1 N–H and O–H groups in total. The maximum Gasteiger partial charge on any atom is 0.311 e. The smallest absolute Gasteiger partial charge is 0.311 e. The van der Waals surface area contributed by atoms with E-state index in [9.17, 15) is 19.7 Å². The zero-order valence-electron chi connectivity index (χ0n) is 14.1. The molecule has 1 aromatic rings. The molecule has 0 unspecified atom stereocenters. The van der Waals surface area contributed by atoms with Crippen LogP contribution in [0, 0.1) is 10.1 Å². The minimum Gasteiger partial charge on any atom is -0.490 e. The molecule has 3 rings (SSSR count). The van der Waals surface area contributed by atoms with Gasteiger partial charge in [0.15, 0.2) is 5.75 Å². The molecule has 2 amide bonds. The Balaban J connectivity index is 1.60. The van der Waals surface area contributed by atoms with Crippen LogP contribution in [0.4, 0.5) is 11.4 Å². The van der Waals surface area contributed by atoms with Crippen LogP contribution in [-0.4, -0.2) is 40.8 Å². The molecule has 8 nitrogen and oxygen atoms in total. The Labute approximate surface area is 145 Å². The van der Waals surface area contributed by atoms with Crippen molar-refractivity contribution in [2.45, 2.75) is 50.6 Å². The summed E-state index contributed by atoms with van der Waals surface area (Å²) in [6, 6.07) is 4.92. The molecule has 0 spiro atoms. The molecule has 1 saturated carbocycles. The predicted molar refractivity (Wildman–Crippen MR) is 90.4 cm³/mol. The largest absolute Gasteiger partial charge is 0.490 e. The lowest BCUT2D eigenvalue weighted by Crippen LogP contribution is -2.43. The number of nitrogens with one attached hydrogen (secondary N) is 1. The van der Waals surface area contributed by atoms with E-state index in [2.05, 4.69) is 5.32 Å². The van der Waals surface area contributed by atoms with Crippen LogP contribution < -0.4 is 10.1 Å².